The molecule has 17 heavy (non-hydrogen) atoms. The number of ketones is 1. The highest BCUT2D eigenvalue weighted by Gasteiger charge is 2.35. The zero-order valence-electron chi connectivity index (χ0n) is 10.9. The third-order valence-electron chi connectivity index (χ3n) is 3.91. The van der Waals surface area contributed by atoms with Gasteiger partial charge in [0.2, 0.25) is 0 Å². The molecule has 2 atom stereocenters. The molecular weight excluding hydrogens is 210 g/mol. The van der Waals surface area contributed by atoms with Crippen LogP contribution in [0.3, 0.4) is 0 Å². The lowest BCUT2D eigenvalue weighted by Gasteiger charge is -2.40. The lowest BCUT2D eigenvalue weighted by Crippen LogP contribution is -2.53. The predicted molar refractivity (Wildman–Crippen MR) is 69.5 cm³/mol. The van der Waals surface area contributed by atoms with E-state index in [9.17, 15) is 4.79 Å². The molecule has 2 unspecified atom stereocenters. The number of rotatable bonds is 3. The van der Waals surface area contributed by atoms with Crippen molar-refractivity contribution in [1.82, 2.24) is 0 Å². The van der Waals surface area contributed by atoms with Crippen LogP contribution in [0.15, 0.2) is 30.3 Å². The molecule has 0 aliphatic carbocycles. The Morgan fingerprint density at radius 2 is 2.00 bits per heavy atom. The van der Waals surface area contributed by atoms with Crippen LogP contribution in [0.2, 0.25) is 0 Å². The van der Waals surface area contributed by atoms with Gasteiger partial charge in [-0.15, -0.1) is 0 Å². The Bertz CT molecular complexity index is 387. The van der Waals surface area contributed by atoms with Gasteiger partial charge in [-0.3, -0.25) is 4.79 Å². The van der Waals surface area contributed by atoms with E-state index in [1.165, 1.54) is 5.56 Å². The molecule has 0 saturated carbocycles. The average Bonchev–Trinajstić information content (AvgIpc) is 2.34. The monoisotopic (exact) mass is 232 g/mol. The molecule has 0 N–H and O–H groups in total. The molecule has 1 heterocycles. The predicted octanol–water partition coefficient (Wildman–Crippen LogP) is 2.63. The molecular formula is C15H22NO+. The van der Waals surface area contributed by atoms with Crippen LogP contribution in [0.1, 0.15) is 25.3 Å². The van der Waals surface area contributed by atoms with Crippen molar-refractivity contribution >= 4 is 5.78 Å². The summed E-state index contributed by atoms with van der Waals surface area (Å²) in [7, 11) is 2.28. The maximum Gasteiger partial charge on any atom is 0.147 e. The van der Waals surface area contributed by atoms with Gasteiger partial charge >= 0.3 is 0 Å². The number of Topliss-reactive ketones (excluding diaryl/α,β-unsaturated/α-hetero) is 1. The minimum absolute atomic E-state index is 0.275. The number of carbonyl (C=O) groups excluding carboxylic acids is 1. The largest absolute Gasteiger partial charge is 0.321 e. The Morgan fingerprint density at radius 3 is 2.65 bits per heavy atom. The van der Waals surface area contributed by atoms with E-state index < -0.39 is 0 Å². The Kier molecular flexibility index (Phi) is 3.63. The van der Waals surface area contributed by atoms with E-state index in [-0.39, 0.29) is 5.92 Å². The summed E-state index contributed by atoms with van der Waals surface area (Å²) in [6.07, 6.45) is 1.74. The first-order valence-electron chi connectivity index (χ1n) is 6.53. The smallest absolute Gasteiger partial charge is 0.147 e. The van der Waals surface area contributed by atoms with Gasteiger partial charge in [0.15, 0.2) is 0 Å². The number of likely N-dealkylation sites (tertiary alicyclic amines) is 1. The second-order valence-electron chi connectivity index (χ2n) is 5.49. The molecule has 0 bridgehead atoms. The van der Waals surface area contributed by atoms with Crippen molar-refractivity contribution in [2.24, 2.45) is 5.92 Å². The van der Waals surface area contributed by atoms with Crippen LogP contribution in [-0.4, -0.2) is 30.4 Å². The number of hydrogen-bond donors (Lipinski definition) is 0. The van der Waals surface area contributed by atoms with Crippen LogP contribution >= 0.6 is 0 Å². The summed E-state index contributed by atoms with van der Waals surface area (Å²) in [6, 6.07) is 10.6. The number of piperidine rings is 1. The SMILES string of the molecule is CCC1C[N+](C)(Cc2ccccc2)CCC1=O. The first-order chi connectivity index (χ1) is 8.13. The number of hydrogen-bond acceptors (Lipinski definition) is 1. The first-order valence-corrected chi connectivity index (χ1v) is 6.53. The minimum atomic E-state index is 0.275. The van der Waals surface area contributed by atoms with E-state index in [1.807, 2.05) is 0 Å². The lowest BCUT2D eigenvalue weighted by atomic mass is 9.92. The molecule has 0 radical (unpaired) electrons. The van der Waals surface area contributed by atoms with Crippen molar-refractivity contribution in [2.45, 2.75) is 26.3 Å². The maximum absolute atomic E-state index is 11.8. The van der Waals surface area contributed by atoms with E-state index >= 15 is 0 Å². The Balaban J connectivity index is 2.07. The van der Waals surface area contributed by atoms with Crippen LogP contribution in [0.25, 0.3) is 0 Å². The van der Waals surface area contributed by atoms with E-state index in [0.29, 0.717) is 5.78 Å². The molecule has 1 fully saturated rings. The fourth-order valence-corrected chi connectivity index (χ4v) is 2.83. The highest BCUT2D eigenvalue weighted by atomic mass is 16.1. The lowest BCUT2D eigenvalue weighted by molar-refractivity contribution is -0.926. The molecule has 0 amide bonds. The van der Waals surface area contributed by atoms with Crippen molar-refractivity contribution in [3.05, 3.63) is 35.9 Å². The summed E-state index contributed by atoms with van der Waals surface area (Å²) in [5.41, 5.74) is 1.37. The summed E-state index contributed by atoms with van der Waals surface area (Å²) in [4.78, 5) is 11.8. The fraction of sp³-hybridized carbons (Fsp3) is 0.533. The van der Waals surface area contributed by atoms with Crippen LogP contribution in [0.5, 0.6) is 0 Å². The second kappa shape index (κ2) is 5.01. The molecule has 1 aliphatic rings. The Hall–Kier alpha value is -1.15. The number of carbonyl (C=O) groups is 1. The summed E-state index contributed by atoms with van der Waals surface area (Å²) < 4.78 is 1.01. The van der Waals surface area contributed by atoms with Gasteiger partial charge in [-0.1, -0.05) is 37.3 Å². The molecule has 1 aromatic carbocycles. The first kappa shape index (κ1) is 12.3. The highest BCUT2D eigenvalue weighted by molar-refractivity contribution is 5.81. The molecule has 2 rings (SSSR count). The van der Waals surface area contributed by atoms with Crippen molar-refractivity contribution in [3.8, 4) is 0 Å². The summed E-state index contributed by atoms with van der Waals surface area (Å²) in [5, 5.41) is 0. The van der Waals surface area contributed by atoms with E-state index in [1.54, 1.807) is 0 Å². The number of nitrogens with zero attached hydrogens (tertiary/aromatic N) is 1. The topological polar surface area (TPSA) is 17.1 Å². The highest BCUT2D eigenvalue weighted by Crippen LogP contribution is 2.24. The molecule has 2 heteroatoms. The van der Waals surface area contributed by atoms with Crippen molar-refractivity contribution in [3.63, 3.8) is 0 Å². The van der Waals surface area contributed by atoms with Gasteiger partial charge in [0.1, 0.15) is 12.3 Å². The van der Waals surface area contributed by atoms with Gasteiger partial charge < -0.3 is 4.48 Å². The van der Waals surface area contributed by atoms with Gasteiger partial charge in [0.05, 0.1) is 32.5 Å². The third-order valence-corrected chi connectivity index (χ3v) is 3.91. The molecule has 1 saturated heterocycles. The van der Waals surface area contributed by atoms with Gasteiger partial charge in [-0.2, -0.15) is 0 Å². The van der Waals surface area contributed by atoms with E-state index in [2.05, 4.69) is 44.3 Å². The Labute approximate surface area is 104 Å². The zero-order valence-corrected chi connectivity index (χ0v) is 10.9. The number of benzene rings is 1. The maximum atomic E-state index is 11.8. The Morgan fingerprint density at radius 1 is 1.29 bits per heavy atom. The molecule has 0 spiro atoms. The van der Waals surface area contributed by atoms with Crippen LogP contribution < -0.4 is 0 Å². The number of quaternary nitrogens is 1. The summed E-state index contributed by atoms with van der Waals surface area (Å²) >= 11 is 0. The summed E-state index contributed by atoms with van der Waals surface area (Å²) in [6.45, 7) is 5.17. The summed E-state index contributed by atoms with van der Waals surface area (Å²) in [5.74, 6) is 0.744. The molecule has 0 aromatic heterocycles. The van der Waals surface area contributed by atoms with Crippen LogP contribution in [-0.2, 0) is 11.3 Å². The molecule has 1 aliphatic heterocycles. The van der Waals surface area contributed by atoms with E-state index in [4.69, 9.17) is 0 Å². The van der Waals surface area contributed by atoms with Crippen molar-refractivity contribution in [1.29, 1.82) is 0 Å². The zero-order chi connectivity index (χ0) is 12.3. The van der Waals surface area contributed by atoms with Gasteiger partial charge in [0.25, 0.3) is 0 Å². The van der Waals surface area contributed by atoms with Gasteiger partial charge in [-0.05, 0) is 6.42 Å². The normalized spacial score (nSPS) is 29.3. The second-order valence-corrected chi connectivity index (χ2v) is 5.49. The van der Waals surface area contributed by atoms with Crippen LogP contribution in [0, 0.1) is 5.92 Å². The van der Waals surface area contributed by atoms with Gasteiger partial charge in [0, 0.05) is 5.56 Å². The standard InChI is InChI=1S/C15H22NO/c1-3-14-12-16(2,10-9-15(14)17)11-13-7-5-4-6-8-13/h4-8,14H,3,9-12H2,1-2H3/q+1. The third kappa shape index (κ3) is 2.95. The molecule has 2 nitrogen and oxygen atoms in total. The van der Waals surface area contributed by atoms with Gasteiger partial charge in [-0.25, -0.2) is 0 Å². The average molecular weight is 232 g/mol. The molecule has 92 valence electrons. The quantitative estimate of drug-likeness (QED) is 0.732. The van der Waals surface area contributed by atoms with Crippen molar-refractivity contribution in [2.75, 3.05) is 20.1 Å². The fourth-order valence-electron chi connectivity index (χ4n) is 2.83. The van der Waals surface area contributed by atoms with Crippen molar-refractivity contribution < 1.29 is 9.28 Å². The van der Waals surface area contributed by atoms with E-state index in [0.717, 1.165) is 37.0 Å². The minimum Gasteiger partial charge on any atom is -0.321 e. The molecule has 1 aromatic rings. The van der Waals surface area contributed by atoms with Crippen LogP contribution in [0.4, 0.5) is 0 Å².